The van der Waals surface area contributed by atoms with Crippen LogP contribution in [0.5, 0.6) is 0 Å². The van der Waals surface area contributed by atoms with Gasteiger partial charge in [0.25, 0.3) is 11.8 Å². The molecule has 1 fully saturated rings. The van der Waals surface area contributed by atoms with E-state index in [4.69, 9.17) is 4.74 Å². The minimum Gasteiger partial charge on any atom is -0.462 e. The lowest BCUT2D eigenvalue weighted by molar-refractivity contribution is -0.122. The van der Waals surface area contributed by atoms with Gasteiger partial charge in [-0.25, -0.2) is 14.5 Å². The summed E-state index contributed by atoms with van der Waals surface area (Å²) in [5.41, 5.74) is 5.29. The number of rotatable bonds is 6. The fourth-order valence-corrected chi connectivity index (χ4v) is 6.79. The van der Waals surface area contributed by atoms with E-state index in [1.165, 1.54) is 11.0 Å². The summed E-state index contributed by atoms with van der Waals surface area (Å²) in [4.78, 5) is 54.1. The van der Waals surface area contributed by atoms with E-state index in [1.54, 1.807) is 30.4 Å². The maximum atomic E-state index is 13.4. The third kappa shape index (κ3) is 4.71. The molecule has 5 rings (SSSR count). The first kappa shape index (κ1) is 26.6. The smallest absolute Gasteiger partial charge is 0.341 e. The van der Waals surface area contributed by atoms with Gasteiger partial charge < -0.3 is 9.30 Å². The molecule has 1 aromatic carbocycles. The summed E-state index contributed by atoms with van der Waals surface area (Å²) in [5.74, 6) is -1.75. The van der Waals surface area contributed by atoms with Gasteiger partial charge in [-0.1, -0.05) is 19.1 Å². The number of nitrogens with one attached hydrogen (secondary N) is 1. The van der Waals surface area contributed by atoms with Crippen molar-refractivity contribution in [2.45, 2.75) is 59.8 Å². The molecule has 3 aromatic rings. The van der Waals surface area contributed by atoms with E-state index in [0.717, 1.165) is 64.5 Å². The van der Waals surface area contributed by atoms with Crippen LogP contribution in [0, 0.1) is 13.8 Å². The second-order valence-corrected chi connectivity index (χ2v) is 10.8. The number of carbonyl (C=O) groups excluding carboxylic acids is 4. The van der Waals surface area contributed by atoms with Crippen molar-refractivity contribution in [1.82, 2.24) is 9.88 Å². The second-order valence-electron chi connectivity index (χ2n) is 9.75. The number of ether oxygens (including phenoxy) is 1. The van der Waals surface area contributed by atoms with Gasteiger partial charge >= 0.3 is 12.0 Å². The number of carbonyl (C=O) groups is 4. The molecule has 2 aromatic heterocycles. The Morgan fingerprint density at radius 2 is 1.79 bits per heavy atom. The predicted octanol–water partition coefficient (Wildman–Crippen LogP) is 5.44. The van der Waals surface area contributed by atoms with Crippen molar-refractivity contribution < 1.29 is 23.9 Å². The molecule has 1 saturated heterocycles. The molecule has 0 unspecified atom stereocenters. The summed E-state index contributed by atoms with van der Waals surface area (Å²) in [7, 11) is 0. The number of fused-ring (bicyclic) bond motifs is 1. The lowest BCUT2D eigenvalue weighted by Crippen LogP contribution is -2.54. The fraction of sp³-hybridized carbons (Fsp3) is 0.333. The Bertz CT molecular complexity index is 1530. The Kier molecular flexibility index (Phi) is 7.27. The van der Waals surface area contributed by atoms with Gasteiger partial charge in [0.1, 0.15) is 10.6 Å². The number of amides is 4. The van der Waals surface area contributed by atoms with E-state index >= 15 is 0 Å². The van der Waals surface area contributed by atoms with Crippen LogP contribution in [0.15, 0.2) is 35.9 Å². The Labute approximate surface area is 231 Å². The second kappa shape index (κ2) is 10.6. The third-order valence-corrected chi connectivity index (χ3v) is 8.59. The molecule has 0 atom stereocenters. The number of hydrogen-bond donors (Lipinski definition) is 1. The zero-order chi connectivity index (χ0) is 27.8. The lowest BCUT2D eigenvalue weighted by atomic mass is 9.95. The van der Waals surface area contributed by atoms with E-state index in [0.29, 0.717) is 16.8 Å². The van der Waals surface area contributed by atoms with Gasteiger partial charge in [-0.05, 0) is 93.8 Å². The molecule has 1 N–H and O–H groups in total. The average molecular weight is 546 g/mol. The van der Waals surface area contributed by atoms with Crippen LogP contribution >= 0.6 is 11.3 Å². The predicted molar refractivity (Wildman–Crippen MR) is 151 cm³/mol. The molecule has 1 aliphatic heterocycles. The van der Waals surface area contributed by atoms with Crippen molar-refractivity contribution in [2.75, 3.05) is 11.5 Å². The van der Waals surface area contributed by atoms with Crippen LogP contribution in [0.2, 0.25) is 0 Å². The summed E-state index contributed by atoms with van der Waals surface area (Å²) >= 11 is 1.60. The number of anilines is 1. The molecule has 0 bridgehead atoms. The van der Waals surface area contributed by atoms with Crippen molar-refractivity contribution in [1.29, 1.82) is 0 Å². The first-order valence-electron chi connectivity index (χ1n) is 13.3. The van der Waals surface area contributed by atoms with Gasteiger partial charge in [0, 0.05) is 16.3 Å². The number of hydrogen-bond acceptors (Lipinski definition) is 6. The van der Waals surface area contributed by atoms with Crippen LogP contribution in [0.3, 0.4) is 0 Å². The molecule has 0 saturated carbocycles. The summed E-state index contributed by atoms with van der Waals surface area (Å²) in [5, 5.41) is 3.09. The minimum atomic E-state index is -0.778. The van der Waals surface area contributed by atoms with Gasteiger partial charge in [0.05, 0.1) is 17.9 Å². The van der Waals surface area contributed by atoms with E-state index in [2.05, 4.69) is 5.32 Å². The molecular weight excluding hydrogens is 514 g/mol. The van der Waals surface area contributed by atoms with Crippen molar-refractivity contribution >= 4 is 46.9 Å². The minimum absolute atomic E-state index is 0.134. The number of imide groups is 2. The average Bonchev–Trinajstić information content (AvgIpc) is 3.42. The van der Waals surface area contributed by atoms with E-state index < -0.39 is 17.8 Å². The Balaban J connectivity index is 1.57. The quantitative estimate of drug-likeness (QED) is 0.253. The standard InChI is InChI=1S/C30H31N3O5S/c1-5-19-11-13-21(14-12-19)33-27(35)23(26(34)31-30(33)37)16-20-15-17(3)32(18(20)4)28-25(29(36)38-6-2)22-9-7-8-10-24(22)39-28/h11-16H,5-10H2,1-4H3,(H,31,34,37)/b23-16-. The topological polar surface area (TPSA) is 97.7 Å². The number of aryl methyl sites for hydroxylation is 3. The van der Waals surface area contributed by atoms with Crippen LogP contribution in [-0.4, -0.2) is 35.0 Å². The summed E-state index contributed by atoms with van der Waals surface area (Å²) in [6.45, 7) is 7.93. The van der Waals surface area contributed by atoms with Gasteiger partial charge in [-0.15, -0.1) is 11.3 Å². The highest BCUT2D eigenvalue weighted by Crippen LogP contribution is 2.39. The summed E-state index contributed by atoms with van der Waals surface area (Å²) in [6.07, 6.45) is 6.24. The highest BCUT2D eigenvalue weighted by atomic mass is 32.1. The zero-order valence-electron chi connectivity index (χ0n) is 22.6. The molecule has 1 aliphatic carbocycles. The van der Waals surface area contributed by atoms with Gasteiger partial charge in [0.2, 0.25) is 0 Å². The zero-order valence-corrected chi connectivity index (χ0v) is 23.4. The van der Waals surface area contributed by atoms with Gasteiger partial charge in [-0.2, -0.15) is 0 Å². The van der Waals surface area contributed by atoms with Crippen LogP contribution in [-0.2, 0) is 33.6 Å². The highest BCUT2D eigenvalue weighted by Gasteiger charge is 2.37. The number of thiophene rings is 1. The fourth-order valence-electron chi connectivity index (χ4n) is 5.30. The molecule has 3 heterocycles. The number of barbiturate groups is 1. The third-order valence-electron chi connectivity index (χ3n) is 7.31. The van der Waals surface area contributed by atoms with Crippen molar-refractivity contribution in [3.05, 3.63) is 74.4 Å². The van der Waals surface area contributed by atoms with Crippen molar-refractivity contribution in [2.24, 2.45) is 0 Å². The van der Waals surface area contributed by atoms with Crippen molar-refractivity contribution in [3.63, 3.8) is 0 Å². The largest absolute Gasteiger partial charge is 0.462 e. The molecule has 202 valence electrons. The maximum Gasteiger partial charge on any atom is 0.341 e. The van der Waals surface area contributed by atoms with E-state index in [1.807, 2.05) is 43.5 Å². The molecule has 0 spiro atoms. The monoisotopic (exact) mass is 545 g/mol. The van der Waals surface area contributed by atoms with Crippen LogP contribution in [0.4, 0.5) is 10.5 Å². The van der Waals surface area contributed by atoms with Crippen LogP contribution in [0.25, 0.3) is 11.1 Å². The first-order valence-corrected chi connectivity index (χ1v) is 14.1. The normalized spacial score (nSPS) is 16.5. The molecule has 0 radical (unpaired) electrons. The SMILES string of the molecule is CCOC(=O)c1c(-n2c(C)cc(/C=C3/C(=O)NC(=O)N(c4ccc(CC)cc4)C3=O)c2C)sc2c1CCCC2. The van der Waals surface area contributed by atoms with E-state index in [-0.39, 0.29) is 18.1 Å². The summed E-state index contributed by atoms with van der Waals surface area (Å²) < 4.78 is 7.44. The molecule has 9 heteroatoms. The molecule has 4 amide bonds. The molecule has 39 heavy (non-hydrogen) atoms. The number of aromatic nitrogens is 1. The number of urea groups is 1. The lowest BCUT2D eigenvalue weighted by Gasteiger charge is -2.26. The molecule has 2 aliphatic rings. The Hall–Kier alpha value is -3.98. The number of esters is 1. The van der Waals surface area contributed by atoms with Crippen molar-refractivity contribution in [3.8, 4) is 5.00 Å². The van der Waals surface area contributed by atoms with Crippen LogP contribution < -0.4 is 10.2 Å². The van der Waals surface area contributed by atoms with Gasteiger partial charge in [-0.3, -0.25) is 14.9 Å². The number of nitrogens with zero attached hydrogens (tertiary/aromatic N) is 2. The number of benzene rings is 1. The summed E-state index contributed by atoms with van der Waals surface area (Å²) in [6, 6.07) is 8.21. The van der Waals surface area contributed by atoms with E-state index in [9.17, 15) is 19.2 Å². The van der Waals surface area contributed by atoms with Gasteiger partial charge in [0.15, 0.2) is 0 Å². The van der Waals surface area contributed by atoms with Crippen LogP contribution in [0.1, 0.15) is 70.0 Å². The Morgan fingerprint density at radius 3 is 2.49 bits per heavy atom. The first-order chi connectivity index (χ1) is 18.7. The highest BCUT2D eigenvalue weighted by molar-refractivity contribution is 7.15. The maximum absolute atomic E-state index is 13.4. The molecule has 8 nitrogen and oxygen atoms in total. The Morgan fingerprint density at radius 1 is 1.08 bits per heavy atom. The molecular formula is C30H31N3O5S.